The predicted molar refractivity (Wildman–Crippen MR) is 137 cm³/mol. The summed E-state index contributed by atoms with van der Waals surface area (Å²) in [5, 5.41) is 18.1. The maximum absolute atomic E-state index is 12.8. The zero-order valence-electron chi connectivity index (χ0n) is 21.1. The number of para-hydroxylation sites is 1. The molecule has 2 aliphatic rings. The molecule has 2 aromatic carbocycles. The van der Waals surface area contributed by atoms with E-state index in [1.165, 1.54) is 10.6 Å². The molecule has 1 atom stereocenters. The van der Waals surface area contributed by atoms with E-state index in [1.807, 2.05) is 30.3 Å². The van der Waals surface area contributed by atoms with E-state index < -0.39 is 16.8 Å². The van der Waals surface area contributed by atoms with Crippen molar-refractivity contribution in [3.8, 4) is 0 Å². The van der Waals surface area contributed by atoms with Gasteiger partial charge in [0.15, 0.2) is 5.82 Å². The third-order valence-corrected chi connectivity index (χ3v) is 6.93. The molecule has 0 bridgehead atoms. The van der Waals surface area contributed by atoms with E-state index in [1.54, 1.807) is 23.1 Å². The number of nitrogens with zero attached hydrogens (tertiary/aromatic N) is 4. The summed E-state index contributed by atoms with van der Waals surface area (Å²) in [7, 11) is 0. The van der Waals surface area contributed by atoms with Gasteiger partial charge in [-0.05, 0) is 31.2 Å². The van der Waals surface area contributed by atoms with Crippen LogP contribution in [0.1, 0.15) is 42.6 Å². The van der Waals surface area contributed by atoms with Crippen LogP contribution in [0.5, 0.6) is 0 Å². The lowest BCUT2D eigenvalue weighted by molar-refractivity contribution is -0.385. The number of hydrogen-bond acceptors (Lipinski definition) is 8. The Morgan fingerprint density at radius 1 is 1.10 bits per heavy atom. The van der Waals surface area contributed by atoms with Crippen molar-refractivity contribution in [1.29, 1.82) is 0 Å². The van der Waals surface area contributed by atoms with Crippen LogP contribution in [0.15, 0.2) is 75.2 Å². The Hall–Kier alpha value is -4.74. The SMILES string of the molecule is O=C1N[C@H]2CCN(C(=O)OCc3ccccc3)C2=C1CCCCc1noc(=O)n1Cc1ccccc1[N+](=O)[O-]. The molecule has 39 heavy (non-hydrogen) atoms. The summed E-state index contributed by atoms with van der Waals surface area (Å²) in [5.74, 6) is -0.511. The molecule has 12 nitrogen and oxygen atoms in total. The van der Waals surface area contributed by atoms with Crippen LogP contribution in [0, 0.1) is 10.1 Å². The Balaban J connectivity index is 1.21. The lowest BCUT2D eigenvalue weighted by atomic mass is 10.0. The van der Waals surface area contributed by atoms with Crippen molar-refractivity contribution in [3.63, 3.8) is 0 Å². The molecule has 12 heteroatoms. The van der Waals surface area contributed by atoms with Crippen molar-refractivity contribution < 1.29 is 23.8 Å². The van der Waals surface area contributed by atoms with Crippen molar-refractivity contribution in [2.45, 2.75) is 51.3 Å². The Morgan fingerprint density at radius 3 is 2.64 bits per heavy atom. The summed E-state index contributed by atoms with van der Waals surface area (Å²) >= 11 is 0. The van der Waals surface area contributed by atoms with E-state index in [0.29, 0.717) is 61.3 Å². The van der Waals surface area contributed by atoms with Crippen LogP contribution in [0.4, 0.5) is 10.5 Å². The third kappa shape index (κ3) is 5.59. The molecule has 5 rings (SSSR count). The number of amides is 2. The summed E-state index contributed by atoms with van der Waals surface area (Å²) in [5.41, 5.74) is 2.40. The Morgan fingerprint density at radius 2 is 1.85 bits per heavy atom. The summed E-state index contributed by atoms with van der Waals surface area (Å²) in [4.78, 5) is 50.1. The number of nitro groups is 1. The normalized spacial score (nSPS) is 16.4. The number of ether oxygens (including phenoxy) is 1. The Bertz CT molecular complexity index is 1480. The highest BCUT2D eigenvalue weighted by atomic mass is 16.6. The molecule has 1 aromatic heterocycles. The first kappa shape index (κ1) is 25.9. The lowest BCUT2D eigenvalue weighted by Gasteiger charge is -2.19. The number of hydrogen-bond donors (Lipinski definition) is 1. The number of aryl methyl sites for hydroxylation is 1. The quantitative estimate of drug-likeness (QED) is 0.237. The van der Waals surface area contributed by atoms with Crippen LogP contribution in [0.2, 0.25) is 0 Å². The van der Waals surface area contributed by atoms with Gasteiger partial charge in [0.2, 0.25) is 5.91 Å². The summed E-state index contributed by atoms with van der Waals surface area (Å²) < 4.78 is 11.6. The number of aromatic nitrogens is 2. The second-order valence-electron chi connectivity index (χ2n) is 9.41. The molecule has 1 saturated heterocycles. The van der Waals surface area contributed by atoms with E-state index >= 15 is 0 Å². The molecular formula is C27H27N5O7. The maximum Gasteiger partial charge on any atom is 0.441 e. The minimum absolute atomic E-state index is 0.0335. The van der Waals surface area contributed by atoms with Crippen molar-refractivity contribution in [3.05, 3.63) is 103 Å². The van der Waals surface area contributed by atoms with Gasteiger partial charge in [0.25, 0.3) is 5.69 Å². The number of benzene rings is 2. The number of nitrogens with one attached hydrogen (secondary N) is 1. The number of likely N-dealkylation sites (tertiary alicyclic amines) is 1. The highest BCUT2D eigenvalue weighted by Gasteiger charge is 2.42. The Labute approximate surface area is 223 Å². The van der Waals surface area contributed by atoms with Gasteiger partial charge in [0.1, 0.15) is 6.61 Å². The summed E-state index contributed by atoms with van der Waals surface area (Å²) in [6.45, 7) is 0.582. The molecule has 2 amide bonds. The standard InChI is InChI=1S/C27H27N5O7/c33-25-20(24-21(28-25)14-15-30(24)26(34)38-17-18-8-2-1-3-9-18)11-5-7-13-23-29-39-27(35)31(23)16-19-10-4-6-12-22(19)32(36)37/h1-4,6,8-10,12,21H,5,7,11,13-17H2,(H,28,33)/t21-/m0/s1. The van der Waals surface area contributed by atoms with Crippen molar-refractivity contribution in [1.82, 2.24) is 19.9 Å². The van der Waals surface area contributed by atoms with Crippen molar-refractivity contribution in [2.24, 2.45) is 0 Å². The molecule has 1 N–H and O–H groups in total. The van der Waals surface area contributed by atoms with Gasteiger partial charge < -0.3 is 10.1 Å². The molecule has 0 spiro atoms. The number of nitro benzene ring substituents is 1. The topological polar surface area (TPSA) is 150 Å². The van der Waals surface area contributed by atoms with Crippen LogP contribution in [0.25, 0.3) is 0 Å². The first-order valence-electron chi connectivity index (χ1n) is 12.7. The molecule has 3 heterocycles. The summed E-state index contributed by atoms with van der Waals surface area (Å²) in [6, 6.07) is 15.4. The minimum atomic E-state index is -0.693. The Kier molecular flexibility index (Phi) is 7.53. The molecule has 2 aliphatic heterocycles. The first-order chi connectivity index (χ1) is 18.9. The van der Waals surface area contributed by atoms with E-state index in [0.717, 1.165) is 5.56 Å². The van der Waals surface area contributed by atoms with Crippen molar-refractivity contribution >= 4 is 17.7 Å². The second-order valence-corrected chi connectivity index (χ2v) is 9.41. The van der Waals surface area contributed by atoms with Gasteiger partial charge in [-0.1, -0.05) is 53.7 Å². The molecule has 0 saturated carbocycles. The average Bonchev–Trinajstić information content (AvgIpc) is 3.60. The number of rotatable bonds is 10. The molecule has 3 aromatic rings. The van der Waals surface area contributed by atoms with Gasteiger partial charge in [0.05, 0.1) is 23.2 Å². The smallest absolute Gasteiger partial charge is 0.441 e. The number of carbonyl (C=O) groups is 2. The fourth-order valence-corrected chi connectivity index (χ4v) is 5.02. The fraction of sp³-hybridized carbons (Fsp3) is 0.333. The van der Waals surface area contributed by atoms with Gasteiger partial charge in [-0.2, -0.15) is 0 Å². The van der Waals surface area contributed by atoms with E-state index in [-0.39, 0.29) is 30.8 Å². The highest BCUT2D eigenvalue weighted by molar-refractivity contribution is 5.98. The van der Waals surface area contributed by atoms with E-state index in [4.69, 9.17) is 9.26 Å². The first-order valence-corrected chi connectivity index (χ1v) is 12.7. The zero-order valence-corrected chi connectivity index (χ0v) is 21.1. The largest absolute Gasteiger partial charge is 0.444 e. The van der Waals surface area contributed by atoms with Gasteiger partial charge in [-0.25, -0.2) is 9.59 Å². The zero-order chi connectivity index (χ0) is 27.4. The fourth-order valence-electron chi connectivity index (χ4n) is 5.02. The van der Waals surface area contributed by atoms with Gasteiger partial charge >= 0.3 is 11.8 Å². The molecule has 1 fully saturated rings. The second kappa shape index (κ2) is 11.3. The van der Waals surface area contributed by atoms with Crippen LogP contribution < -0.4 is 11.1 Å². The molecule has 0 aliphatic carbocycles. The lowest BCUT2D eigenvalue weighted by Crippen LogP contribution is -2.29. The monoisotopic (exact) mass is 533 g/mol. The van der Waals surface area contributed by atoms with E-state index in [2.05, 4.69) is 10.5 Å². The molecule has 0 unspecified atom stereocenters. The van der Waals surface area contributed by atoms with Crippen LogP contribution in [-0.4, -0.2) is 44.1 Å². The minimum Gasteiger partial charge on any atom is -0.444 e. The maximum atomic E-state index is 12.8. The van der Waals surface area contributed by atoms with Gasteiger partial charge in [0, 0.05) is 30.2 Å². The molecule has 0 radical (unpaired) electrons. The van der Waals surface area contributed by atoms with Crippen LogP contribution in [0.3, 0.4) is 0 Å². The predicted octanol–water partition coefficient (Wildman–Crippen LogP) is 3.30. The average molecular weight is 534 g/mol. The third-order valence-electron chi connectivity index (χ3n) is 6.93. The number of fused-ring (bicyclic) bond motifs is 1. The van der Waals surface area contributed by atoms with Gasteiger partial charge in [-0.3, -0.25) is 28.9 Å². The highest BCUT2D eigenvalue weighted by Crippen LogP contribution is 2.33. The summed E-state index contributed by atoms with van der Waals surface area (Å²) in [6.07, 6.45) is 2.14. The van der Waals surface area contributed by atoms with Crippen LogP contribution in [-0.2, 0) is 29.1 Å². The number of unbranched alkanes of at least 4 members (excludes halogenated alkanes) is 1. The molecular weight excluding hydrogens is 506 g/mol. The molecule has 202 valence electrons. The van der Waals surface area contributed by atoms with Crippen molar-refractivity contribution in [2.75, 3.05) is 6.54 Å². The van der Waals surface area contributed by atoms with Gasteiger partial charge in [-0.15, -0.1) is 0 Å². The van der Waals surface area contributed by atoms with Crippen LogP contribution >= 0.6 is 0 Å². The van der Waals surface area contributed by atoms with E-state index in [9.17, 15) is 24.5 Å². The number of carbonyl (C=O) groups excluding carboxylic acids is 2.